The van der Waals surface area contributed by atoms with E-state index in [1.807, 2.05) is 0 Å². The van der Waals surface area contributed by atoms with E-state index in [0.29, 0.717) is 29.0 Å². The second-order valence-electron chi connectivity index (χ2n) is 5.78. The lowest BCUT2D eigenvalue weighted by atomic mass is 10.2. The molecule has 0 atom stereocenters. The third kappa shape index (κ3) is 5.10. The Labute approximate surface area is 134 Å². The molecule has 0 radical (unpaired) electrons. The second kappa shape index (κ2) is 6.91. The summed E-state index contributed by atoms with van der Waals surface area (Å²) in [6, 6.07) is 8.34. The largest absolute Gasteiger partial charge is 0.457 e. The fourth-order valence-electron chi connectivity index (χ4n) is 1.73. The zero-order valence-corrected chi connectivity index (χ0v) is 13.2. The van der Waals surface area contributed by atoms with Gasteiger partial charge in [0.2, 0.25) is 0 Å². The molecule has 120 valence electrons. The predicted octanol–water partition coefficient (Wildman–Crippen LogP) is 4.03. The predicted molar refractivity (Wildman–Crippen MR) is 86.0 cm³/mol. The average molecular weight is 314 g/mol. The minimum Gasteiger partial charge on any atom is -0.457 e. The Bertz CT molecular complexity index is 690. The van der Waals surface area contributed by atoms with Crippen LogP contribution in [0.5, 0.6) is 11.5 Å². The van der Waals surface area contributed by atoms with E-state index in [1.165, 1.54) is 6.20 Å². The lowest BCUT2D eigenvalue weighted by molar-refractivity contribution is 0.0635. The van der Waals surface area contributed by atoms with Crippen LogP contribution in [-0.2, 0) is 4.74 Å². The molecule has 0 spiro atoms. The maximum absolute atomic E-state index is 11.7. The van der Waals surface area contributed by atoms with Crippen LogP contribution in [-0.4, -0.2) is 23.0 Å². The summed E-state index contributed by atoms with van der Waals surface area (Å²) in [7, 11) is 0. The Balaban J connectivity index is 2.02. The number of aromatic nitrogens is 1. The standard InChI is InChI=1S/C17H18N2O4/c1-17(2,3)23-16(21)19-13-4-6-14(7-5-13)22-15-8-9-18-10-12(15)11-20/h4-11H,1-3H3,(H,19,21). The first-order valence-corrected chi connectivity index (χ1v) is 7.04. The Hall–Kier alpha value is -2.89. The Kier molecular flexibility index (Phi) is 4.95. The van der Waals surface area contributed by atoms with Crippen LogP contribution in [0.3, 0.4) is 0 Å². The third-order valence-corrected chi connectivity index (χ3v) is 2.66. The first-order valence-electron chi connectivity index (χ1n) is 7.04. The molecule has 1 aromatic carbocycles. The first kappa shape index (κ1) is 16.5. The molecule has 0 aliphatic carbocycles. The molecule has 2 rings (SSSR count). The summed E-state index contributed by atoms with van der Waals surface area (Å²) < 4.78 is 10.8. The SMILES string of the molecule is CC(C)(C)OC(=O)Nc1ccc(Oc2ccncc2C=O)cc1. The van der Waals surface area contributed by atoms with E-state index in [2.05, 4.69) is 10.3 Å². The molecule has 0 saturated carbocycles. The van der Waals surface area contributed by atoms with Crippen LogP contribution >= 0.6 is 0 Å². The summed E-state index contributed by atoms with van der Waals surface area (Å²) in [5.41, 5.74) is 0.389. The summed E-state index contributed by atoms with van der Waals surface area (Å²) in [5, 5.41) is 2.63. The van der Waals surface area contributed by atoms with Crippen molar-refractivity contribution in [2.45, 2.75) is 26.4 Å². The van der Waals surface area contributed by atoms with Gasteiger partial charge in [-0.25, -0.2) is 4.79 Å². The van der Waals surface area contributed by atoms with Crippen LogP contribution in [0.1, 0.15) is 31.1 Å². The maximum Gasteiger partial charge on any atom is 0.412 e. The first-order chi connectivity index (χ1) is 10.9. The summed E-state index contributed by atoms with van der Waals surface area (Å²) >= 11 is 0. The van der Waals surface area contributed by atoms with Gasteiger partial charge in [-0.1, -0.05) is 0 Å². The third-order valence-electron chi connectivity index (χ3n) is 2.66. The Morgan fingerprint density at radius 2 is 1.87 bits per heavy atom. The minimum absolute atomic E-state index is 0.364. The Morgan fingerprint density at radius 1 is 1.17 bits per heavy atom. The van der Waals surface area contributed by atoms with Crippen molar-refractivity contribution in [1.29, 1.82) is 0 Å². The number of nitrogens with zero attached hydrogens (tertiary/aromatic N) is 1. The molecule has 0 aliphatic rings. The van der Waals surface area contributed by atoms with Gasteiger partial charge in [-0.2, -0.15) is 0 Å². The number of nitrogens with one attached hydrogen (secondary N) is 1. The van der Waals surface area contributed by atoms with Gasteiger partial charge in [0, 0.05) is 18.1 Å². The van der Waals surface area contributed by atoms with Crippen molar-refractivity contribution in [1.82, 2.24) is 4.98 Å². The molecular formula is C17H18N2O4. The highest BCUT2D eigenvalue weighted by Gasteiger charge is 2.16. The van der Waals surface area contributed by atoms with Gasteiger partial charge in [0.15, 0.2) is 6.29 Å². The highest BCUT2D eigenvalue weighted by atomic mass is 16.6. The smallest absolute Gasteiger partial charge is 0.412 e. The molecule has 6 nitrogen and oxygen atoms in total. The maximum atomic E-state index is 11.7. The van der Waals surface area contributed by atoms with Gasteiger partial charge in [0.25, 0.3) is 0 Å². The van der Waals surface area contributed by atoms with Gasteiger partial charge in [-0.15, -0.1) is 0 Å². The van der Waals surface area contributed by atoms with Crippen molar-refractivity contribution in [2.24, 2.45) is 0 Å². The number of aldehydes is 1. The number of pyridine rings is 1. The molecule has 1 amide bonds. The number of carbonyl (C=O) groups excluding carboxylic acids is 2. The molecule has 23 heavy (non-hydrogen) atoms. The van der Waals surface area contributed by atoms with Crippen molar-refractivity contribution < 1.29 is 19.1 Å². The number of carbonyl (C=O) groups is 2. The number of hydrogen-bond acceptors (Lipinski definition) is 5. The van der Waals surface area contributed by atoms with Gasteiger partial charge in [-0.05, 0) is 51.1 Å². The molecule has 0 unspecified atom stereocenters. The van der Waals surface area contributed by atoms with Crippen LogP contribution in [0.4, 0.5) is 10.5 Å². The zero-order chi connectivity index (χ0) is 16.9. The fourth-order valence-corrected chi connectivity index (χ4v) is 1.73. The summed E-state index contributed by atoms with van der Waals surface area (Å²) in [6.45, 7) is 5.38. The number of ether oxygens (including phenoxy) is 2. The normalized spacial score (nSPS) is 10.7. The van der Waals surface area contributed by atoms with E-state index < -0.39 is 11.7 Å². The van der Waals surface area contributed by atoms with Gasteiger partial charge >= 0.3 is 6.09 Å². The summed E-state index contributed by atoms with van der Waals surface area (Å²) in [5.74, 6) is 0.955. The molecular weight excluding hydrogens is 296 g/mol. The lowest BCUT2D eigenvalue weighted by Gasteiger charge is -2.19. The van der Waals surface area contributed by atoms with Crippen LogP contribution in [0.15, 0.2) is 42.7 Å². The van der Waals surface area contributed by atoms with Gasteiger partial charge in [-0.3, -0.25) is 15.1 Å². The van der Waals surface area contributed by atoms with Crippen LogP contribution in [0, 0.1) is 0 Å². The van der Waals surface area contributed by atoms with Crippen molar-refractivity contribution >= 4 is 18.1 Å². The van der Waals surface area contributed by atoms with Gasteiger partial charge in [0.05, 0.1) is 5.56 Å². The van der Waals surface area contributed by atoms with Crippen molar-refractivity contribution in [3.63, 3.8) is 0 Å². The topological polar surface area (TPSA) is 77.5 Å². The van der Waals surface area contributed by atoms with E-state index in [4.69, 9.17) is 9.47 Å². The van der Waals surface area contributed by atoms with Crippen molar-refractivity contribution in [2.75, 3.05) is 5.32 Å². The molecule has 0 aliphatic heterocycles. The van der Waals surface area contributed by atoms with Crippen LogP contribution in [0.25, 0.3) is 0 Å². The quantitative estimate of drug-likeness (QED) is 0.862. The van der Waals surface area contributed by atoms with Crippen molar-refractivity contribution in [3.8, 4) is 11.5 Å². The van der Waals surface area contributed by atoms with E-state index in [0.717, 1.165) is 0 Å². The van der Waals surface area contributed by atoms with E-state index >= 15 is 0 Å². The molecule has 1 aromatic heterocycles. The van der Waals surface area contributed by atoms with Crippen LogP contribution in [0.2, 0.25) is 0 Å². The molecule has 6 heteroatoms. The van der Waals surface area contributed by atoms with Crippen molar-refractivity contribution in [3.05, 3.63) is 48.3 Å². The number of rotatable bonds is 4. The van der Waals surface area contributed by atoms with E-state index in [-0.39, 0.29) is 0 Å². The van der Waals surface area contributed by atoms with E-state index in [1.54, 1.807) is 57.3 Å². The highest BCUT2D eigenvalue weighted by Crippen LogP contribution is 2.25. The number of amides is 1. The molecule has 1 N–H and O–H groups in total. The summed E-state index contributed by atoms with van der Waals surface area (Å²) in [6.07, 6.45) is 3.13. The average Bonchev–Trinajstić information content (AvgIpc) is 2.48. The minimum atomic E-state index is -0.556. The van der Waals surface area contributed by atoms with Crippen LogP contribution < -0.4 is 10.1 Å². The number of anilines is 1. The number of benzene rings is 1. The fraction of sp³-hybridized carbons (Fsp3) is 0.235. The molecule has 2 aromatic rings. The monoisotopic (exact) mass is 314 g/mol. The lowest BCUT2D eigenvalue weighted by Crippen LogP contribution is -2.27. The second-order valence-corrected chi connectivity index (χ2v) is 5.78. The molecule has 0 bridgehead atoms. The van der Waals surface area contributed by atoms with Gasteiger partial charge < -0.3 is 9.47 Å². The Morgan fingerprint density at radius 3 is 2.48 bits per heavy atom. The molecule has 1 heterocycles. The molecule has 0 saturated heterocycles. The zero-order valence-electron chi connectivity index (χ0n) is 13.2. The van der Waals surface area contributed by atoms with E-state index in [9.17, 15) is 9.59 Å². The number of hydrogen-bond donors (Lipinski definition) is 1. The summed E-state index contributed by atoms with van der Waals surface area (Å²) in [4.78, 5) is 26.5. The highest BCUT2D eigenvalue weighted by molar-refractivity contribution is 5.85. The van der Waals surface area contributed by atoms with Gasteiger partial charge in [0.1, 0.15) is 17.1 Å². The molecule has 0 fully saturated rings.